The number of nitrogens with zero attached hydrogens (tertiary/aromatic N) is 3. The van der Waals surface area contributed by atoms with E-state index in [-0.39, 0.29) is 30.1 Å². The van der Waals surface area contributed by atoms with E-state index in [1.807, 2.05) is 12.1 Å². The predicted molar refractivity (Wildman–Crippen MR) is 123 cm³/mol. The Morgan fingerprint density at radius 3 is 2.63 bits per heavy atom. The molecule has 0 saturated carbocycles. The van der Waals surface area contributed by atoms with Gasteiger partial charge in [-0.15, -0.1) is 0 Å². The first kappa shape index (κ1) is 23.8. The molecule has 4 aromatic rings. The maximum absolute atomic E-state index is 12.2. The normalized spacial score (nSPS) is 11.1. The Labute approximate surface area is 197 Å². The van der Waals surface area contributed by atoms with Crippen LogP contribution in [0, 0.1) is 0 Å². The van der Waals surface area contributed by atoms with Gasteiger partial charge >= 0.3 is 6.61 Å². The molecule has 10 nitrogen and oxygen atoms in total. The molecule has 3 N–H and O–H groups in total. The highest BCUT2D eigenvalue weighted by molar-refractivity contribution is 5.90. The number of fused-ring (bicyclic) bond motifs is 1. The second-order valence-electron chi connectivity index (χ2n) is 7.49. The summed E-state index contributed by atoms with van der Waals surface area (Å²) in [6, 6.07) is 13.0. The van der Waals surface area contributed by atoms with Gasteiger partial charge in [-0.05, 0) is 36.8 Å². The Balaban J connectivity index is 1.18. The lowest BCUT2D eigenvalue weighted by Gasteiger charge is -2.08. The molecule has 35 heavy (non-hydrogen) atoms. The number of aromatic nitrogens is 4. The van der Waals surface area contributed by atoms with Crippen molar-refractivity contribution < 1.29 is 22.8 Å². The smallest absolute Gasteiger partial charge is 0.387 e. The summed E-state index contributed by atoms with van der Waals surface area (Å²) in [5.41, 5.74) is 0.326. The number of nitrogens with one attached hydrogen (secondary N) is 3. The van der Waals surface area contributed by atoms with Crippen LogP contribution in [-0.4, -0.2) is 45.9 Å². The fourth-order valence-electron chi connectivity index (χ4n) is 3.34. The molecule has 0 aliphatic carbocycles. The molecule has 0 fully saturated rings. The van der Waals surface area contributed by atoms with E-state index in [1.165, 1.54) is 12.1 Å². The highest BCUT2D eigenvalue weighted by Crippen LogP contribution is 2.21. The van der Waals surface area contributed by atoms with Crippen molar-refractivity contribution in [1.29, 1.82) is 0 Å². The third kappa shape index (κ3) is 6.37. The highest BCUT2D eigenvalue weighted by atomic mass is 19.3. The molecule has 0 atom stereocenters. The van der Waals surface area contributed by atoms with Gasteiger partial charge in [0, 0.05) is 36.9 Å². The summed E-state index contributed by atoms with van der Waals surface area (Å²) in [6.07, 6.45) is 1.08. The van der Waals surface area contributed by atoms with Gasteiger partial charge in [0.15, 0.2) is 5.82 Å². The van der Waals surface area contributed by atoms with E-state index in [9.17, 15) is 18.4 Å². The van der Waals surface area contributed by atoms with E-state index in [0.717, 1.165) is 5.39 Å². The van der Waals surface area contributed by atoms with Crippen molar-refractivity contribution in [1.82, 2.24) is 25.7 Å². The number of hydrogen-bond donors (Lipinski definition) is 3. The van der Waals surface area contributed by atoms with Gasteiger partial charge in [-0.1, -0.05) is 23.4 Å². The zero-order chi connectivity index (χ0) is 24.6. The third-order valence-electron chi connectivity index (χ3n) is 5.04. The van der Waals surface area contributed by atoms with Gasteiger partial charge in [0.1, 0.15) is 5.75 Å². The first-order valence-electron chi connectivity index (χ1n) is 10.9. The van der Waals surface area contributed by atoms with Crippen molar-refractivity contribution in [2.24, 2.45) is 0 Å². The van der Waals surface area contributed by atoms with E-state index in [0.29, 0.717) is 48.0 Å². The molecule has 0 spiro atoms. The number of hydrogen-bond acceptors (Lipinski definition) is 8. The molecule has 182 valence electrons. The van der Waals surface area contributed by atoms with Crippen LogP contribution in [0.25, 0.3) is 22.2 Å². The highest BCUT2D eigenvalue weighted by Gasteiger charge is 2.12. The summed E-state index contributed by atoms with van der Waals surface area (Å²) >= 11 is 0. The fourth-order valence-corrected chi connectivity index (χ4v) is 3.34. The maximum atomic E-state index is 12.2. The number of rotatable bonds is 11. The topological polar surface area (TPSA) is 135 Å². The molecular weight excluding hydrogens is 462 g/mol. The molecule has 0 unspecified atom stereocenters. The van der Waals surface area contributed by atoms with Gasteiger partial charge in [-0.3, -0.25) is 9.59 Å². The van der Waals surface area contributed by atoms with Gasteiger partial charge in [-0.2, -0.15) is 18.9 Å². The first-order valence-corrected chi connectivity index (χ1v) is 10.9. The SMILES string of the molecule is O=C(CCc1nc(-c2ccc(OC(F)F)cc2)no1)NCCCNc1n[nH]c(=O)c2ccccc12. The fraction of sp³-hybridized carbons (Fsp3) is 0.261. The van der Waals surface area contributed by atoms with Crippen LogP contribution in [0.1, 0.15) is 18.7 Å². The van der Waals surface area contributed by atoms with Crippen molar-refractivity contribution in [3.05, 3.63) is 64.8 Å². The summed E-state index contributed by atoms with van der Waals surface area (Å²) in [7, 11) is 0. The number of amides is 1. The monoisotopic (exact) mass is 484 g/mol. The molecular formula is C23H22F2N6O4. The Bertz CT molecular complexity index is 1340. The minimum Gasteiger partial charge on any atom is -0.435 e. The Morgan fingerprint density at radius 1 is 1.09 bits per heavy atom. The summed E-state index contributed by atoms with van der Waals surface area (Å²) < 4.78 is 33.9. The van der Waals surface area contributed by atoms with Crippen molar-refractivity contribution in [2.45, 2.75) is 25.9 Å². The number of benzene rings is 2. The zero-order valence-electron chi connectivity index (χ0n) is 18.5. The lowest BCUT2D eigenvalue weighted by Crippen LogP contribution is -2.26. The third-order valence-corrected chi connectivity index (χ3v) is 5.04. The van der Waals surface area contributed by atoms with Gasteiger partial charge in [-0.25, -0.2) is 5.10 Å². The van der Waals surface area contributed by atoms with Crippen molar-refractivity contribution in [3.63, 3.8) is 0 Å². The molecule has 0 aliphatic heterocycles. The Kier molecular flexibility index (Phi) is 7.60. The number of ether oxygens (including phenoxy) is 1. The molecule has 2 aromatic heterocycles. The molecule has 0 bridgehead atoms. The quantitative estimate of drug-likeness (QED) is 0.276. The molecule has 0 radical (unpaired) electrons. The van der Waals surface area contributed by atoms with Crippen LogP contribution in [0.3, 0.4) is 0 Å². The molecule has 0 aliphatic rings. The van der Waals surface area contributed by atoms with Gasteiger partial charge < -0.3 is 19.9 Å². The Hall–Kier alpha value is -4.35. The minimum absolute atomic E-state index is 0.0302. The molecule has 0 saturated heterocycles. The van der Waals surface area contributed by atoms with E-state index in [4.69, 9.17) is 4.52 Å². The van der Waals surface area contributed by atoms with Crippen LogP contribution >= 0.6 is 0 Å². The number of carbonyl (C=O) groups is 1. The van der Waals surface area contributed by atoms with E-state index in [2.05, 4.69) is 35.7 Å². The van der Waals surface area contributed by atoms with Crippen LogP contribution in [0.2, 0.25) is 0 Å². The number of alkyl halides is 2. The minimum atomic E-state index is -2.90. The standard InChI is InChI=1S/C23H22F2N6O4/c24-23(25)34-15-8-6-14(7-9-15)20-28-19(35-31-20)11-10-18(32)26-12-3-13-27-21-16-4-1-2-5-17(16)22(33)30-29-21/h1-2,4-9,23H,3,10-13H2,(H,26,32)(H,27,29)(H,30,33). The Morgan fingerprint density at radius 2 is 1.86 bits per heavy atom. The lowest BCUT2D eigenvalue weighted by atomic mass is 10.2. The lowest BCUT2D eigenvalue weighted by molar-refractivity contribution is -0.121. The summed E-state index contributed by atoms with van der Waals surface area (Å²) in [4.78, 5) is 28.2. The van der Waals surface area contributed by atoms with Crippen LogP contribution < -0.4 is 20.9 Å². The molecule has 1 amide bonds. The summed E-state index contributed by atoms with van der Waals surface area (Å²) in [5, 5.41) is 17.6. The second-order valence-corrected chi connectivity index (χ2v) is 7.49. The summed E-state index contributed by atoms with van der Waals surface area (Å²) in [5.74, 6) is 1.03. The predicted octanol–water partition coefficient (Wildman–Crippen LogP) is 3.13. The van der Waals surface area contributed by atoms with Gasteiger partial charge in [0.25, 0.3) is 5.56 Å². The zero-order valence-corrected chi connectivity index (χ0v) is 18.5. The number of carbonyl (C=O) groups excluding carboxylic acids is 1. The maximum Gasteiger partial charge on any atom is 0.387 e. The van der Waals surface area contributed by atoms with Crippen LogP contribution in [-0.2, 0) is 11.2 Å². The van der Waals surface area contributed by atoms with Crippen LogP contribution in [0.5, 0.6) is 5.75 Å². The van der Waals surface area contributed by atoms with Crippen LogP contribution in [0.15, 0.2) is 57.8 Å². The van der Waals surface area contributed by atoms with Crippen LogP contribution in [0.4, 0.5) is 14.6 Å². The summed E-state index contributed by atoms with van der Waals surface area (Å²) in [6.45, 7) is -1.89. The van der Waals surface area contributed by atoms with Crippen molar-refractivity contribution in [2.75, 3.05) is 18.4 Å². The second kappa shape index (κ2) is 11.2. The largest absolute Gasteiger partial charge is 0.435 e. The van der Waals surface area contributed by atoms with E-state index < -0.39 is 6.61 Å². The average Bonchev–Trinajstić information content (AvgIpc) is 3.33. The van der Waals surface area contributed by atoms with E-state index in [1.54, 1.807) is 24.3 Å². The number of aryl methyl sites for hydroxylation is 1. The molecule has 4 rings (SSSR count). The van der Waals surface area contributed by atoms with Gasteiger partial charge in [0.05, 0.1) is 5.39 Å². The number of halogens is 2. The number of H-pyrrole nitrogens is 1. The molecule has 2 heterocycles. The molecule has 2 aromatic carbocycles. The van der Waals surface area contributed by atoms with Gasteiger partial charge in [0.2, 0.25) is 17.6 Å². The number of anilines is 1. The van der Waals surface area contributed by atoms with Crippen molar-refractivity contribution >= 4 is 22.5 Å². The number of aromatic amines is 1. The molecule has 12 heteroatoms. The average molecular weight is 484 g/mol. The first-order chi connectivity index (χ1) is 17.0. The van der Waals surface area contributed by atoms with Crippen molar-refractivity contribution in [3.8, 4) is 17.1 Å². The van der Waals surface area contributed by atoms with E-state index >= 15 is 0 Å².